The quantitative estimate of drug-likeness (QED) is 0.793. The number of hydrogen-bond donors (Lipinski definition) is 2. The molecule has 1 aliphatic rings. The summed E-state index contributed by atoms with van der Waals surface area (Å²) in [4.78, 5) is 14.0. The van der Waals surface area contributed by atoms with E-state index in [1.165, 1.54) is 4.90 Å². The number of amides is 1. The van der Waals surface area contributed by atoms with Crippen molar-refractivity contribution in [3.63, 3.8) is 0 Å². The lowest BCUT2D eigenvalue weighted by atomic mass is 9.94. The van der Waals surface area contributed by atoms with Gasteiger partial charge in [-0.2, -0.15) is 0 Å². The van der Waals surface area contributed by atoms with Crippen LogP contribution in [0.1, 0.15) is 27.2 Å². The van der Waals surface area contributed by atoms with Gasteiger partial charge in [0, 0.05) is 31.7 Å². The predicted molar refractivity (Wildman–Crippen MR) is 111 cm³/mol. The predicted octanol–water partition coefficient (Wildman–Crippen LogP) is 2.74. The Morgan fingerprint density at radius 3 is 2.55 bits per heavy atom. The number of hydrogen-bond acceptors (Lipinski definition) is 5. The number of ether oxygens (including phenoxy) is 1. The summed E-state index contributed by atoms with van der Waals surface area (Å²) in [6, 6.07) is 12.1. The van der Waals surface area contributed by atoms with Crippen LogP contribution >= 0.6 is 0 Å². The minimum absolute atomic E-state index is 0.183. The highest BCUT2D eigenvalue weighted by atomic mass is 32.2. The number of aliphatic hydroxyl groups excluding tert-OH is 1. The maximum absolute atomic E-state index is 12.9. The molecule has 0 spiro atoms. The van der Waals surface area contributed by atoms with Crippen LogP contribution < -0.4 is 4.72 Å². The van der Waals surface area contributed by atoms with E-state index in [0.717, 1.165) is 10.8 Å². The zero-order chi connectivity index (χ0) is 21.2. The molecule has 1 fully saturated rings. The minimum atomic E-state index is -3.76. The van der Waals surface area contributed by atoms with Crippen LogP contribution in [0.4, 0.5) is 4.79 Å². The van der Waals surface area contributed by atoms with Crippen LogP contribution in [0.5, 0.6) is 0 Å². The van der Waals surface area contributed by atoms with E-state index in [1.54, 1.807) is 39.0 Å². The molecule has 7 nitrogen and oxygen atoms in total. The first-order valence-electron chi connectivity index (χ1n) is 9.69. The summed E-state index contributed by atoms with van der Waals surface area (Å²) in [7, 11) is -3.76. The standard InChI is InChI=1S/C21H28N2O5S/c1-21(2,3)28-20(25)23-11-10-19(17(13-23)14-24)22-29(26,27)18-9-8-15-6-4-5-7-16(15)12-18/h4-9,12,17,19,22,24H,10-11,13-14H2,1-3H3/t17-,19-/m1/s1. The fourth-order valence-electron chi connectivity index (χ4n) is 3.47. The third-order valence-electron chi connectivity index (χ3n) is 4.96. The normalized spacial score (nSPS) is 20.6. The van der Waals surface area contributed by atoms with Crippen molar-refractivity contribution >= 4 is 26.9 Å². The molecule has 0 unspecified atom stereocenters. The zero-order valence-corrected chi connectivity index (χ0v) is 17.8. The minimum Gasteiger partial charge on any atom is -0.444 e. The average molecular weight is 421 g/mol. The molecule has 0 bridgehead atoms. The van der Waals surface area contributed by atoms with Gasteiger partial charge in [-0.25, -0.2) is 17.9 Å². The maximum Gasteiger partial charge on any atom is 0.410 e. The van der Waals surface area contributed by atoms with Gasteiger partial charge in [-0.1, -0.05) is 30.3 Å². The number of piperidine rings is 1. The number of fused-ring (bicyclic) bond motifs is 1. The number of sulfonamides is 1. The van der Waals surface area contributed by atoms with Gasteiger partial charge < -0.3 is 14.7 Å². The van der Waals surface area contributed by atoms with Crippen molar-refractivity contribution in [2.45, 2.75) is 43.7 Å². The summed E-state index contributed by atoms with van der Waals surface area (Å²) >= 11 is 0. The van der Waals surface area contributed by atoms with Crippen molar-refractivity contribution in [1.82, 2.24) is 9.62 Å². The van der Waals surface area contributed by atoms with Gasteiger partial charge in [0.15, 0.2) is 0 Å². The molecule has 2 aromatic rings. The highest BCUT2D eigenvalue weighted by Crippen LogP contribution is 2.23. The Kier molecular flexibility index (Phi) is 6.16. The van der Waals surface area contributed by atoms with E-state index in [1.807, 2.05) is 24.3 Å². The fourth-order valence-corrected chi connectivity index (χ4v) is 4.84. The largest absolute Gasteiger partial charge is 0.444 e. The lowest BCUT2D eigenvalue weighted by molar-refractivity contribution is 0.00981. The molecule has 1 saturated heterocycles. The molecular formula is C21H28N2O5S. The molecule has 1 heterocycles. The Morgan fingerprint density at radius 2 is 1.90 bits per heavy atom. The lowest BCUT2D eigenvalue weighted by Crippen LogP contribution is -2.54. The van der Waals surface area contributed by atoms with Crippen molar-refractivity contribution in [3.05, 3.63) is 42.5 Å². The summed E-state index contributed by atoms with van der Waals surface area (Å²) in [5.41, 5.74) is -0.611. The molecule has 0 aliphatic carbocycles. The van der Waals surface area contributed by atoms with E-state index in [-0.39, 0.29) is 18.0 Å². The first-order valence-corrected chi connectivity index (χ1v) is 11.2. The van der Waals surface area contributed by atoms with E-state index < -0.39 is 33.7 Å². The molecule has 2 N–H and O–H groups in total. The summed E-state index contributed by atoms with van der Waals surface area (Å²) in [5.74, 6) is -0.411. The number of benzene rings is 2. The van der Waals surface area contributed by atoms with Crippen LogP contribution in [0, 0.1) is 5.92 Å². The van der Waals surface area contributed by atoms with Gasteiger partial charge in [0.2, 0.25) is 10.0 Å². The lowest BCUT2D eigenvalue weighted by Gasteiger charge is -2.38. The van der Waals surface area contributed by atoms with Crippen LogP contribution in [0.15, 0.2) is 47.4 Å². The first-order chi connectivity index (χ1) is 13.6. The van der Waals surface area contributed by atoms with E-state index in [9.17, 15) is 18.3 Å². The topological polar surface area (TPSA) is 95.9 Å². The Hall–Kier alpha value is -2.16. The van der Waals surface area contributed by atoms with E-state index in [2.05, 4.69) is 4.72 Å². The monoisotopic (exact) mass is 420 g/mol. The molecule has 158 valence electrons. The Labute approximate surface area is 171 Å². The van der Waals surface area contributed by atoms with Crippen molar-refractivity contribution in [1.29, 1.82) is 0 Å². The van der Waals surface area contributed by atoms with Crippen molar-refractivity contribution in [2.75, 3.05) is 19.7 Å². The third kappa shape index (κ3) is 5.26. The molecular weight excluding hydrogens is 392 g/mol. The second-order valence-corrected chi connectivity index (χ2v) is 10.1. The van der Waals surface area contributed by atoms with Gasteiger partial charge in [-0.05, 0) is 50.1 Å². The maximum atomic E-state index is 12.9. The van der Waals surface area contributed by atoms with E-state index in [4.69, 9.17) is 4.74 Å². The second-order valence-electron chi connectivity index (χ2n) is 8.39. The Balaban J connectivity index is 1.72. The number of nitrogens with zero attached hydrogens (tertiary/aromatic N) is 1. The zero-order valence-electron chi connectivity index (χ0n) is 17.0. The van der Waals surface area contributed by atoms with Crippen LogP contribution in [-0.2, 0) is 14.8 Å². The van der Waals surface area contributed by atoms with Gasteiger partial charge in [0.05, 0.1) is 4.90 Å². The van der Waals surface area contributed by atoms with Crippen molar-refractivity contribution < 1.29 is 23.1 Å². The molecule has 29 heavy (non-hydrogen) atoms. The number of likely N-dealkylation sites (tertiary alicyclic amines) is 1. The van der Waals surface area contributed by atoms with Gasteiger partial charge in [0.1, 0.15) is 5.60 Å². The first kappa shape index (κ1) is 21.5. The molecule has 8 heteroatoms. The molecule has 2 atom stereocenters. The summed E-state index contributed by atoms with van der Waals surface area (Å²) in [5, 5.41) is 11.6. The van der Waals surface area contributed by atoms with Crippen LogP contribution in [0.3, 0.4) is 0 Å². The molecule has 1 amide bonds. The van der Waals surface area contributed by atoms with Gasteiger partial charge >= 0.3 is 6.09 Å². The number of aliphatic hydroxyl groups is 1. The number of carbonyl (C=O) groups is 1. The van der Waals surface area contributed by atoms with Gasteiger partial charge in [-0.15, -0.1) is 0 Å². The van der Waals surface area contributed by atoms with E-state index in [0.29, 0.717) is 13.0 Å². The van der Waals surface area contributed by atoms with Crippen LogP contribution in [-0.4, -0.2) is 55.9 Å². The SMILES string of the molecule is CC(C)(C)OC(=O)N1CC[C@@H](NS(=O)(=O)c2ccc3ccccc3c2)[C@@H](CO)C1. The molecule has 0 saturated carbocycles. The molecule has 1 aliphatic heterocycles. The van der Waals surface area contributed by atoms with Crippen molar-refractivity contribution in [2.24, 2.45) is 5.92 Å². The second kappa shape index (κ2) is 8.30. The van der Waals surface area contributed by atoms with Gasteiger partial charge in [-0.3, -0.25) is 0 Å². The summed E-state index contributed by atoms with van der Waals surface area (Å²) in [6.07, 6.45) is -0.0520. The molecule has 2 aromatic carbocycles. The number of nitrogens with one attached hydrogen (secondary N) is 1. The fraction of sp³-hybridized carbons (Fsp3) is 0.476. The van der Waals surface area contributed by atoms with Crippen LogP contribution in [0.25, 0.3) is 10.8 Å². The summed E-state index contributed by atoms with van der Waals surface area (Å²) in [6.45, 7) is 5.73. The average Bonchev–Trinajstić information content (AvgIpc) is 2.66. The Morgan fingerprint density at radius 1 is 1.21 bits per heavy atom. The molecule has 3 rings (SSSR count). The number of carbonyl (C=O) groups excluding carboxylic acids is 1. The number of rotatable bonds is 4. The van der Waals surface area contributed by atoms with E-state index >= 15 is 0 Å². The van der Waals surface area contributed by atoms with Crippen molar-refractivity contribution in [3.8, 4) is 0 Å². The molecule has 0 aromatic heterocycles. The van der Waals surface area contributed by atoms with Crippen LogP contribution in [0.2, 0.25) is 0 Å². The highest BCUT2D eigenvalue weighted by molar-refractivity contribution is 7.89. The Bertz CT molecular complexity index is 984. The smallest absolute Gasteiger partial charge is 0.410 e. The van der Waals surface area contributed by atoms with Gasteiger partial charge in [0.25, 0.3) is 0 Å². The third-order valence-corrected chi connectivity index (χ3v) is 6.45. The highest BCUT2D eigenvalue weighted by Gasteiger charge is 2.35. The summed E-state index contributed by atoms with van der Waals surface area (Å²) < 4.78 is 33.9. The molecule has 0 radical (unpaired) electrons.